The van der Waals surface area contributed by atoms with Crippen molar-refractivity contribution in [3.8, 4) is 16.3 Å². The summed E-state index contributed by atoms with van der Waals surface area (Å²) in [6, 6.07) is 8.35. The summed E-state index contributed by atoms with van der Waals surface area (Å²) in [7, 11) is 1.40. The molecule has 156 valence electrons. The summed E-state index contributed by atoms with van der Waals surface area (Å²) < 4.78 is 18.8. The zero-order chi connectivity index (χ0) is 21.3. The van der Waals surface area contributed by atoms with Gasteiger partial charge in [-0.25, -0.2) is 14.4 Å². The molecule has 1 aromatic carbocycles. The Labute approximate surface area is 178 Å². The highest BCUT2D eigenvalue weighted by molar-refractivity contribution is 7.15. The number of nitrogens with zero attached hydrogens (tertiary/aromatic N) is 4. The average molecular weight is 427 g/mol. The Morgan fingerprint density at radius 1 is 1.13 bits per heavy atom. The fraction of sp³-hybridized carbons (Fsp3) is 0.318. The van der Waals surface area contributed by atoms with Gasteiger partial charge in [-0.2, -0.15) is 0 Å². The van der Waals surface area contributed by atoms with E-state index >= 15 is 0 Å². The quantitative estimate of drug-likeness (QED) is 0.633. The van der Waals surface area contributed by atoms with Gasteiger partial charge in [-0.3, -0.25) is 4.79 Å². The number of benzene rings is 1. The van der Waals surface area contributed by atoms with E-state index in [4.69, 9.17) is 4.74 Å². The van der Waals surface area contributed by atoms with E-state index in [1.807, 2.05) is 25.3 Å². The highest BCUT2D eigenvalue weighted by Gasteiger charge is 2.23. The number of methoxy groups -OCH3 is 1. The number of piperazine rings is 1. The molecule has 0 unspecified atom stereocenters. The van der Waals surface area contributed by atoms with Crippen LogP contribution in [0.25, 0.3) is 10.6 Å². The molecule has 2 aromatic heterocycles. The predicted octanol–water partition coefficient (Wildman–Crippen LogP) is 3.93. The Morgan fingerprint density at radius 2 is 1.90 bits per heavy atom. The highest BCUT2D eigenvalue weighted by Crippen LogP contribution is 2.28. The standard InChI is InChI=1S/C22H23FN4O2S/c1-14-15(2)30-21(25-14)17-5-7-20(24-13-17)26-8-10-27(11-9-26)22(28)16-4-6-19(29-3)18(23)12-16/h4-7,12-13H,8-11H2,1-3H3. The van der Waals surface area contributed by atoms with Crippen molar-refractivity contribution in [3.05, 3.63) is 58.5 Å². The highest BCUT2D eigenvalue weighted by atomic mass is 32.1. The number of anilines is 1. The van der Waals surface area contributed by atoms with Gasteiger partial charge in [-0.1, -0.05) is 0 Å². The first-order chi connectivity index (χ1) is 14.5. The van der Waals surface area contributed by atoms with E-state index in [1.165, 1.54) is 24.1 Å². The van der Waals surface area contributed by atoms with Crippen LogP contribution in [0.3, 0.4) is 0 Å². The van der Waals surface area contributed by atoms with Crippen molar-refractivity contribution < 1.29 is 13.9 Å². The molecule has 0 aliphatic carbocycles. The Morgan fingerprint density at radius 3 is 2.47 bits per heavy atom. The molecular weight excluding hydrogens is 403 g/mol. The maximum atomic E-state index is 13.9. The minimum absolute atomic E-state index is 0.133. The lowest BCUT2D eigenvalue weighted by Crippen LogP contribution is -2.49. The monoisotopic (exact) mass is 426 g/mol. The number of aromatic nitrogens is 2. The second kappa shape index (κ2) is 8.39. The zero-order valence-electron chi connectivity index (χ0n) is 17.2. The third-order valence-electron chi connectivity index (χ3n) is 5.31. The first-order valence-corrected chi connectivity index (χ1v) is 10.6. The lowest BCUT2D eigenvalue weighted by atomic mass is 10.1. The molecule has 0 atom stereocenters. The third-order valence-corrected chi connectivity index (χ3v) is 6.43. The largest absolute Gasteiger partial charge is 0.494 e. The summed E-state index contributed by atoms with van der Waals surface area (Å²) in [6.07, 6.45) is 1.85. The summed E-state index contributed by atoms with van der Waals surface area (Å²) in [4.78, 5) is 27.0. The number of amides is 1. The van der Waals surface area contributed by atoms with E-state index in [0.29, 0.717) is 31.7 Å². The van der Waals surface area contributed by atoms with Crippen molar-refractivity contribution in [1.82, 2.24) is 14.9 Å². The van der Waals surface area contributed by atoms with Gasteiger partial charge < -0.3 is 14.5 Å². The molecule has 3 heterocycles. The predicted molar refractivity (Wildman–Crippen MR) is 116 cm³/mol. The maximum absolute atomic E-state index is 13.9. The lowest BCUT2D eigenvalue weighted by molar-refractivity contribution is 0.0746. The fourth-order valence-electron chi connectivity index (χ4n) is 3.42. The summed E-state index contributed by atoms with van der Waals surface area (Å²) >= 11 is 1.67. The second-order valence-electron chi connectivity index (χ2n) is 7.19. The van der Waals surface area contributed by atoms with Crippen molar-refractivity contribution in [2.24, 2.45) is 0 Å². The zero-order valence-corrected chi connectivity index (χ0v) is 18.0. The molecular formula is C22H23FN4O2S. The number of carbonyl (C=O) groups excluding carboxylic acids is 1. The molecule has 3 aromatic rings. The van der Waals surface area contributed by atoms with Crippen molar-refractivity contribution in [1.29, 1.82) is 0 Å². The molecule has 4 rings (SSSR count). The molecule has 0 bridgehead atoms. The smallest absolute Gasteiger partial charge is 0.254 e. The van der Waals surface area contributed by atoms with E-state index in [1.54, 1.807) is 22.3 Å². The van der Waals surface area contributed by atoms with Crippen molar-refractivity contribution >= 4 is 23.1 Å². The van der Waals surface area contributed by atoms with Crippen LogP contribution in [0, 0.1) is 19.7 Å². The van der Waals surface area contributed by atoms with Gasteiger partial charge in [0.2, 0.25) is 0 Å². The molecule has 0 N–H and O–H groups in total. The van der Waals surface area contributed by atoms with Crippen LogP contribution >= 0.6 is 11.3 Å². The molecule has 0 spiro atoms. The summed E-state index contributed by atoms with van der Waals surface area (Å²) in [5, 5.41) is 0.978. The van der Waals surface area contributed by atoms with Crippen LogP contribution in [0.5, 0.6) is 5.75 Å². The Kier molecular flexibility index (Phi) is 5.67. The maximum Gasteiger partial charge on any atom is 0.254 e. The van der Waals surface area contributed by atoms with E-state index in [2.05, 4.69) is 21.8 Å². The van der Waals surface area contributed by atoms with Gasteiger partial charge in [0.1, 0.15) is 10.8 Å². The third kappa shape index (κ3) is 4.00. The number of halogens is 1. The van der Waals surface area contributed by atoms with Crippen LogP contribution in [0.15, 0.2) is 36.5 Å². The van der Waals surface area contributed by atoms with Gasteiger partial charge in [0, 0.05) is 48.4 Å². The minimum Gasteiger partial charge on any atom is -0.494 e. The van der Waals surface area contributed by atoms with Crippen molar-refractivity contribution in [2.75, 3.05) is 38.2 Å². The number of thiazole rings is 1. The lowest BCUT2D eigenvalue weighted by Gasteiger charge is -2.35. The molecule has 1 aliphatic heterocycles. The normalized spacial score (nSPS) is 14.1. The van der Waals surface area contributed by atoms with Crippen LogP contribution < -0.4 is 9.64 Å². The number of rotatable bonds is 4. The Balaban J connectivity index is 1.39. The van der Waals surface area contributed by atoms with Crippen LogP contribution in [0.2, 0.25) is 0 Å². The van der Waals surface area contributed by atoms with Gasteiger partial charge in [0.15, 0.2) is 11.6 Å². The topological polar surface area (TPSA) is 58.6 Å². The molecule has 0 radical (unpaired) electrons. The molecule has 1 fully saturated rings. The number of aryl methyl sites for hydroxylation is 2. The Bertz CT molecular complexity index is 1040. The number of pyridine rings is 1. The van der Waals surface area contributed by atoms with E-state index in [0.717, 1.165) is 22.1 Å². The molecule has 6 nitrogen and oxygen atoms in total. The number of hydrogen-bond donors (Lipinski definition) is 0. The van der Waals surface area contributed by atoms with E-state index < -0.39 is 5.82 Å². The first-order valence-electron chi connectivity index (χ1n) is 9.74. The average Bonchev–Trinajstić information content (AvgIpc) is 3.11. The van der Waals surface area contributed by atoms with Crippen molar-refractivity contribution in [3.63, 3.8) is 0 Å². The van der Waals surface area contributed by atoms with Crippen LogP contribution in [0.4, 0.5) is 10.2 Å². The molecule has 1 aliphatic rings. The van der Waals surface area contributed by atoms with E-state index in [9.17, 15) is 9.18 Å². The molecule has 0 saturated carbocycles. The summed E-state index contributed by atoms with van der Waals surface area (Å²) in [6.45, 7) is 6.54. The van der Waals surface area contributed by atoms with E-state index in [-0.39, 0.29) is 11.7 Å². The second-order valence-corrected chi connectivity index (χ2v) is 8.40. The van der Waals surface area contributed by atoms with Crippen LogP contribution in [-0.4, -0.2) is 54.1 Å². The van der Waals surface area contributed by atoms with Gasteiger partial charge in [-0.05, 0) is 44.2 Å². The van der Waals surface area contributed by atoms with Crippen LogP contribution in [-0.2, 0) is 0 Å². The number of ether oxygens (including phenoxy) is 1. The number of hydrogen-bond acceptors (Lipinski definition) is 6. The van der Waals surface area contributed by atoms with Crippen molar-refractivity contribution in [2.45, 2.75) is 13.8 Å². The van der Waals surface area contributed by atoms with Gasteiger partial charge >= 0.3 is 0 Å². The minimum atomic E-state index is -0.531. The van der Waals surface area contributed by atoms with Gasteiger partial charge in [0.05, 0.1) is 12.8 Å². The fourth-order valence-corrected chi connectivity index (χ4v) is 4.32. The molecule has 30 heavy (non-hydrogen) atoms. The first kappa shape index (κ1) is 20.3. The van der Waals surface area contributed by atoms with Gasteiger partial charge in [-0.15, -0.1) is 11.3 Å². The van der Waals surface area contributed by atoms with Gasteiger partial charge in [0.25, 0.3) is 5.91 Å². The molecule has 1 amide bonds. The SMILES string of the molecule is COc1ccc(C(=O)N2CCN(c3ccc(-c4nc(C)c(C)s4)cn3)CC2)cc1F. The molecule has 1 saturated heterocycles. The summed E-state index contributed by atoms with van der Waals surface area (Å²) in [5.41, 5.74) is 2.39. The Hall–Kier alpha value is -3.00. The number of carbonyl (C=O) groups is 1. The van der Waals surface area contributed by atoms with Crippen LogP contribution in [0.1, 0.15) is 20.9 Å². The molecule has 8 heteroatoms. The summed E-state index contributed by atoms with van der Waals surface area (Å²) in [5.74, 6) is 0.311.